The molecule has 2 aromatic heterocycles. The third-order valence-corrected chi connectivity index (χ3v) is 14.6. The summed E-state index contributed by atoms with van der Waals surface area (Å²) >= 11 is 0. The van der Waals surface area contributed by atoms with Crippen LogP contribution in [-0.2, 0) is 21.7 Å². The second-order valence-corrected chi connectivity index (χ2v) is 24.0. The Morgan fingerprint density at radius 1 is 0.471 bits per heavy atom. The van der Waals surface area contributed by atoms with Crippen molar-refractivity contribution in [3.8, 4) is 28.4 Å². The predicted octanol–water partition coefficient (Wildman–Crippen LogP) is 17.9. The number of aromatic nitrogens is 2. The van der Waals surface area contributed by atoms with Gasteiger partial charge < -0.3 is 14.5 Å². The van der Waals surface area contributed by atoms with Gasteiger partial charge in [0.1, 0.15) is 17.3 Å². The molecule has 0 fully saturated rings. The number of pyridine rings is 1. The first-order valence-corrected chi connectivity index (χ1v) is 25.4. The predicted molar refractivity (Wildman–Crippen MR) is 299 cm³/mol. The van der Waals surface area contributed by atoms with Crippen molar-refractivity contribution in [3.05, 3.63) is 191 Å². The molecular formula is C65H74N4O. The topological polar surface area (TPSA) is 33.5 Å². The van der Waals surface area contributed by atoms with Gasteiger partial charge in [-0.15, -0.1) is 0 Å². The van der Waals surface area contributed by atoms with Gasteiger partial charge in [-0.25, -0.2) is 4.98 Å². The highest BCUT2D eigenvalue weighted by Crippen LogP contribution is 2.44. The van der Waals surface area contributed by atoms with E-state index in [-0.39, 0.29) is 21.7 Å². The molecule has 1 aliphatic rings. The first-order chi connectivity index (χ1) is 33.0. The second-order valence-electron chi connectivity index (χ2n) is 24.0. The molecule has 0 spiro atoms. The standard InChI is InChI=1S/C65H74N4O/c1-42(2)54-22-19-23-55(43(3)4)61(54)44-32-50(67-30-31-68(41-67)51-35-48(63(8,9)10)34-49(36-51)64(11,12)13)39-53(33-44)70-52-25-27-57-56-26-24-47(65(14,15)45-20-17-16-18-21-45)37-58(56)69(59(57)40-52)60-38-46(28-29-66-60)62(5,6)7/h16-40,42-43H,41H2,1-15H3. The molecule has 8 aromatic rings. The van der Waals surface area contributed by atoms with E-state index in [0.29, 0.717) is 18.5 Å². The number of nitrogens with zero attached hydrogens (tertiary/aromatic N) is 4. The summed E-state index contributed by atoms with van der Waals surface area (Å²) in [5.41, 5.74) is 15.8. The molecule has 0 amide bonds. The number of rotatable bonds is 10. The average Bonchev–Trinajstić information content (AvgIpc) is 3.94. The number of fused-ring (bicyclic) bond motifs is 3. The van der Waals surface area contributed by atoms with Crippen LogP contribution in [0, 0.1) is 0 Å². The maximum Gasteiger partial charge on any atom is 0.137 e. The lowest BCUT2D eigenvalue weighted by atomic mass is 9.78. The fourth-order valence-electron chi connectivity index (χ4n) is 10.1. The summed E-state index contributed by atoms with van der Waals surface area (Å²) in [5, 5.41) is 2.34. The Morgan fingerprint density at radius 2 is 1.04 bits per heavy atom. The third kappa shape index (κ3) is 9.40. The Labute approximate surface area is 418 Å². The molecule has 70 heavy (non-hydrogen) atoms. The van der Waals surface area contributed by atoms with E-state index in [9.17, 15) is 0 Å². The number of ether oxygens (including phenoxy) is 1. The first kappa shape index (κ1) is 48.4. The van der Waals surface area contributed by atoms with Gasteiger partial charge in [0.15, 0.2) is 0 Å². The van der Waals surface area contributed by atoms with E-state index in [1.807, 2.05) is 6.20 Å². The maximum atomic E-state index is 7.17. The molecule has 3 heterocycles. The van der Waals surface area contributed by atoms with E-state index < -0.39 is 0 Å². The van der Waals surface area contributed by atoms with Crippen molar-refractivity contribution in [3.63, 3.8) is 0 Å². The molecule has 5 nitrogen and oxygen atoms in total. The van der Waals surface area contributed by atoms with Crippen LogP contribution < -0.4 is 14.5 Å². The summed E-state index contributed by atoms with van der Waals surface area (Å²) in [7, 11) is 0. The first-order valence-electron chi connectivity index (χ1n) is 25.4. The molecule has 0 radical (unpaired) electrons. The van der Waals surface area contributed by atoms with Gasteiger partial charge in [-0.05, 0) is 133 Å². The SMILES string of the molecule is CC(C)c1cccc(C(C)C)c1-c1cc(Oc2ccc3c4ccc(C(C)(C)c5ccccc5)cc4n(-c4cc(C(C)(C)C)ccn4)c3c2)cc(N2C=CN(c3cc(C(C)(C)C)cc(C(C)(C)C)c3)C2)c1. The van der Waals surface area contributed by atoms with Gasteiger partial charge in [0.25, 0.3) is 0 Å². The molecule has 6 aromatic carbocycles. The second kappa shape index (κ2) is 18.0. The molecular weight excluding hydrogens is 853 g/mol. The van der Waals surface area contributed by atoms with Gasteiger partial charge >= 0.3 is 0 Å². The third-order valence-electron chi connectivity index (χ3n) is 14.6. The molecule has 0 unspecified atom stereocenters. The van der Waals surface area contributed by atoms with E-state index in [1.165, 1.54) is 55.6 Å². The van der Waals surface area contributed by atoms with Crippen molar-refractivity contribution in [1.29, 1.82) is 0 Å². The minimum atomic E-state index is -0.217. The Hall–Kier alpha value is -6.59. The summed E-state index contributed by atoms with van der Waals surface area (Å²) in [5.74, 6) is 3.13. The normalized spacial score (nSPS) is 13.7. The van der Waals surface area contributed by atoms with Crippen LogP contribution >= 0.6 is 0 Å². The molecule has 1 aliphatic heterocycles. The number of hydrogen-bond acceptors (Lipinski definition) is 4. The monoisotopic (exact) mass is 927 g/mol. The van der Waals surface area contributed by atoms with Gasteiger partial charge in [-0.2, -0.15) is 0 Å². The lowest BCUT2D eigenvalue weighted by Crippen LogP contribution is -2.26. The quantitative estimate of drug-likeness (QED) is 0.137. The summed E-state index contributed by atoms with van der Waals surface area (Å²) in [6, 6.07) is 49.5. The lowest BCUT2D eigenvalue weighted by molar-refractivity contribution is 0.483. The Kier molecular flexibility index (Phi) is 12.4. The van der Waals surface area contributed by atoms with Crippen LogP contribution in [0.25, 0.3) is 38.8 Å². The van der Waals surface area contributed by atoms with Crippen LogP contribution in [0.4, 0.5) is 11.4 Å². The molecule has 0 bridgehead atoms. The molecule has 0 aliphatic carbocycles. The minimum Gasteiger partial charge on any atom is -0.457 e. The number of benzene rings is 6. The van der Waals surface area contributed by atoms with Crippen LogP contribution in [0.5, 0.6) is 11.5 Å². The zero-order chi connectivity index (χ0) is 50.1. The number of anilines is 2. The number of hydrogen-bond donors (Lipinski definition) is 0. The zero-order valence-corrected chi connectivity index (χ0v) is 44.5. The van der Waals surface area contributed by atoms with Crippen LogP contribution in [0.1, 0.15) is 155 Å². The van der Waals surface area contributed by atoms with Crippen molar-refractivity contribution in [2.24, 2.45) is 0 Å². The molecule has 0 atom stereocenters. The van der Waals surface area contributed by atoms with Gasteiger partial charge in [-0.1, -0.05) is 171 Å². The van der Waals surface area contributed by atoms with Crippen LogP contribution in [0.3, 0.4) is 0 Å². The van der Waals surface area contributed by atoms with Crippen LogP contribution in [0.2, 0.25) is 0 Å². The highest BCUT2D eigenvalue weighted by atomic mass is 16.5. The summed E-state index contributed by atoms with van der Waals surface area (Å²) in [6.45, 7) is 35.1. The zero-order valence-electron chi connectivity index (χ0n) is 44.5. The Morgan fingerprint density at radius 3 is 1.63 bits per heavy atom. The van der Waals surface area contributed by atoms with Crippen molar-refractivity contribution in [1.82, 2.24) is 9.55 Å². The van der Waals surface area contributed by atoms with Crippen molar-refractivity contribution >= 4 is 33.2 Å². The maximum absolute atomic E-state index is 7.17. The van der Waals surface area contributed by atoms with Crippen molar-refractivity contribution in [2.45, 2.75) is 137 Å². The fourth-order valence-corrected chi connectivity index (χ4v) is 10.1. The van der Waals surface area contributed by atoms with Crippen molar-refractivity contribution < 1.29 is 4.74 Å². The summed E-state index contributed by atoms with van der Waals surface area (Å²) < 4.78 is 9.51. The largest absolute Gasteiger partial charge is 0.457 e. The Balaban J connectivity index is 1.19. The highest BCUT2D eigenvalue weighted by Gasteiger charge is 2.28. The smallest absolute Gasteiger partial charge is 0.137 e. The fraction of sp³-hybridized carbons (Fsp3) is 0.338. The molecule has 0 N–H and O–H groups in total. The molecule has 360 valence electrons. The molecule has 9 rings (SSSR count). The van der Waals surface area contributed by atoms with E-state index in [2.05, 4.69) is 264 Å². The molecule has 0 saturated carbocycles. The van der Waals surface area contributed by atoms with E-state index in [4.69, 9.17) is 9.72 Å². The van der Waals surface area contributed by atoms with Gasteiger partial charge in [0.2, 0.25) is 0 Å². The van der Waals surface area contributed by atoms with E-state index in [0.717, 1.165) is 45.0 Å². The van der Waals surface area contributed by atoms with Crippen LogP contribution in [-0.4, -0.2) is 16.2 Å². The highest BCUT2D eigenvalue weighted by molar-refractivity contribution is 6.09. The summed E-state index contributed by atoms with van der Waals surface area (Å²) in [6.07, 6.45) is 6.40. The summed E-state index contributed by atoms with van der Waals surface area (Å²) in [4.78, 5) is 9.80. The minimum absolute atomic E-state index is 0.0181. The average molecular weight is 927 g/mol. The lowest BCUT2D eigenvalue weighted by Gasteiger charge is -2.29. The van der Waals surface area contributed by atoms with Gasteiger partial charge in [0, 0.05) is 58.3 Å². The van der Waals surface area contributed by atoms with Gasteiger partial charge in [-0.3, -0.25) is 4.57 Å². The van der Waals surface area contributed by atoms with E-state index >= 15 is 0 Å². The molecule has 5 heteroatoms. The van der Waals surface area contributed by atoms with Crippen LogP contribution in [0.15, 0.2) is 152 Å². The molecule has 0 saturated heterocycles. The van der Waals surface area contributed by atoms with Gasteiger partial charge in [0.05, 0.1) is 17.7 Å². The Bertz CT molecular complexity index is 3200. The van der Waals surface area contributed by atoms with E-state index in [1.54, 1.807) is 0 Å². The van der Waals surface area contributed by atoms with Crippen molar-refractivity contribution in [2.75, 3.05) is 16.5 Å².